The highest BCUT2D eigenvalue weighted by atomic mass is 35.5. The summed E-state index contributed by atoms with van der Waals surface area (Å²) < 4.78 is 34.3. The minimum Gasteiger partial charge on any atom is -0.462 e. The second-order valence-corrected chi connectivity index (χ2v) is 11.5. The number of carbonyl (C=O) groups is 2. The summed E-state index contributed by atoms with van der Waals surface area (Å²) in [4.78, 5) is 27.4. The Kier molecular flexibility index (Phi) is 7.48. The molecule has 0 aliphatic carbocycles. The van der Waals surface area contributed by atoms with Gasteiger partial charge in [0, 0.05) is 43.0 Å². The summed E-state index contributed by atoms with van der Waals surface area (Å²) in [6, 6.07) is 3.31. The number of halogens is 1. The number of benzene rings is 1. The van der Waals surface area contributed by atoms with E-state index in [2.05, 4.69) is 24.0 Å². The second kappa shape index (κ2) is 10.2. The molecule has 35 heavy (non-hydrogen) atoms. The fourth-order valence-corrected chi connectivity index (χ4v) is 6.24. The zero-order valence-corrected chi connectivity index (χ0v) is 22.2. The van der Waals surface area contributed by atoms with Crippen LogP contribution in [0.25, 0.3) is 16.6 Å². The van der Waals surface area contributed by atoms with Crippen LogP contribution in [0.3, 0.4) is 0 Å². The molecular formula is C23H28ClN4O5S2+. The number of fused-ring (bicyclic) bond motifs is 3. The molecule has 0 saturated carbocycles. The lowest BCUT2D eigenvalue weighted by Gasteiger charge is -2.15. The Morgan fingerprint density at radius 2 is 2.06 bits per heavy atom. The van der Waals surface area contributed by atoms with Crippen LogP contribution in [0.5, 0.6) is 0 Å². The Labute approximate surface area is 213 Å². The van der Waals surface area contributed by atoms with Crippen molar-refractivity contribution in [1.82, 2.24) is 14.2 Å². The third-order valence-corrected chi connectivity index (χ3v) is 7.86. The molecule has 3 heterocycles. The molecule has 1 saturated heterocycles. The van der Waals surface area contributed by atoms with E-state index < -0.39 is 21.9 Å². The lowest BCUT2D eigenvalue weighted by Crippen LogP contribution is -2.35. The van der Waals surface area contributed by atoms with Gasteiger partial charge in [-0.2, -0.15) is 0 Å². The van der Waals surface area contributed by atoms with Crippen LogP contribution >= 0.6 is 23.4 Å². The predicted octanol–water partition coefficient (Wildman–Crippen LogP) is 2.53. The molecule has 1 amide bonds. The molecule has 188 valence electrons. The monoisotopic (exact) mass is 539 g/mol. The van der Waals surface area contributed by atoms with Gasteiger partial charge < -0.3 is 9.64 Å². The van der Waals surface area contributed by atoms with Crippen molar-refractivity contribution in [3.63, 3.8) is 0 Å². The molecule has 0 radical (unpaired) electrons. The van der Waals surface area contributed by atoms with E-state index >= 15 is 0 Å². The van der Waals surface area contributed by atoms with Crippen LogP contribution in [-0.4, -0.2) is 61.5 Å². The minimum absolute atomic E-state index is 0.191. The predicted molar refractivity (Wildman–Crippen MR) is 136 cm³/mol. The maximum Gasteiger partial charge on any atom is 0.339 e. The van der Waals surface area contributed by atoms with Gasteiger partial charge >= 0.3 is 5.97 Å². The van der Waals surface area contributed by atoms with Crippen LogP contribution in [0.2, 0.25) is 5.02 Å². The number of thioether (sulfide) groups is 1. The quantitative estimate of drug-likeness (QED) is 0.426. The molecule has 4 rings (SSSR count). The van der Waals surface area contributed by atoms with E-state index in [1.54, 1.807) is 35.4 Å². The summed E-state index contributed by atoms with van der Waals surface area (Å²) in [6.45, 7) is 6.41. The topological polar surface area (TPSA) is 102 Å². The summed E-state index contributed by atoms with van der Waals surface area (Å²) in [6.07, 6.45) is 5.85. The zero-order valence-electron chi connectivity index (χ0n) is 19.8. The molecule has 0 bridgehead atoms. The third kappa shape index (κ3) is 5.36. The molecule has 0 atom stereocenters. The number of nitrogens with one attached hydrogen (secondary N) is 1. The molecule has 2 aliphatic heterocycles. The lowest BCUT2D eigenvalue weighted by atomic mass is 10.1. The Morgan fingerprint density at radius 1 is 1.29 bits per heavy atom. The van der Waals surface area contributed by atoms with Crippen LogP contribution in [0, 0.1) is 0 Å². The summed E-state index contributed by atoms with van der Waals surface area (Å²) in [5, 5.41) is 1.45. The standard InChI is InChI=1S/C23H27ClN4O5S2/c1-4-26-10-11-34-21(26)7-6-15-8-9-27-19-13-17(24)16(23(30)33-5-2)12-18(19)28(22(15)27)14-20(29)25-35(3,31)32/h6-7,12-13H,4-5,8-11,14H2,1-3H3/p+1. The Morgan fingerprint density at radius 3 is 2.74 bits per heavy atom. The van der Waals surface area contributed by atoms with Crippen molar-refractivity contribution in [2.24, 2.45) is 0 Å². The summed E-state index contributed by atoms with van der Waals surface area (Å²) in [5.74, 6) is 0.595. The van der Waals surface area contributed by atoms with E-state index in [0.29, 0.717) is 12.1 Å². The number of rotatable bonds is 7. The fraction of sp³-hybridized carbons (Fsp3) is 0.435. The molecule has 1 aromatic heterocycles. The smallest absolute Gasteiger partial charge is 0.339 e. The van der Waals surface area contributed by atoms with Crippen molar-refractivity contribution in [3.05, 3.63) is 45.7 Å². The van der Waals surface area contributed by atoms with Gasteiger partial charge in [0.2, 0.25) is 10.0 Å². The number of aryl methyl sites for hydroxylation is 1. The molecule has 1 fully saturated rings. The van der Waals surface area contributed by atoms with Crippen LogP contribution in [0.4, 0.5) is 0 Å². The van der Waals surface area contributed by atoms with Gasteiger partial charge in [-0.25, -0.2) is 27.1 Å². The van der Waals surface area contributed by atoms with Crippen LogP contribution in [-0.2, 0) is 32.6 Å². The third-order valence-electron chi connectivity index (χ3n) is 5.88. The highest BCUT2D eigenvalue weighted by molar-refractivity contribution is 8.03. The first-order chi connectivity index (χ1) is 16.6. The molecule has 1 N–H and O–H groups in total. The summed E-state index contributed by atoms with van der Waals surface area (Å²) in [7, 11) is -3.72. The molecule has 2 aromatic rings. The van der Waals surface area contributed by atoms with E-state index in [-0.39, 0.29) is 23.7 Å². The summed E-state index contributed by atoms with van der Waals surface area (Å²) >= 11 is 8.25. The van der Waals surface area contributed by atoms with Crippen LogP contribution in [0.1, 0.15) is 36.5 Å². The van der Waals surface area contributed by atoms with Crippen LogP contribution < -0.4 is 9.29 Å². The first-order valence-electron chi connectivity index (χ1n) is 11.3. The second-order valence-electron chi connectivity index (χ2n) is 8.27. The number of esters is 1. The van der Waals surface area contributed by atoms with Gasteiger partial charge in [0.25, 0.3) is 11.7 Å². The number of sulfonamides is 1. The fourth-order valence-electron chi connectivity index (χ4n) is 4.44. The number of carbonyl (C=O) groups excluding carboxylic acids is 2. The van der Waals surface area contributed by atoms with E-state index in [9.17, 15) is 18.0 Å². The average molecular weight is 540 g/mol. The Hall–Kier alpha value is -2.50. The van der Waals surface area contributed by atoms with Gasteiger partial charge in [-0.1, -0.05) is 11.6 Å². The van der Waals surface area contributed by atoms with Gasteiger partial charge in [-0.15, -0.1) is 11.8 Å². The maximum absolute atomic E-state index is 12.6. The molecule has 2 aliphatic rings. The number of allylic oxidation sites excluding steroid dienone is 3. The van der Waals surface area contributed by atoms with Gasteiger partial charge in [0.15, 0.2) is 17.6 Å². The zero-order chi connectivity index (χ0) is 25.3. The number of hydrogen-bond acceptors (Lipinski definition) is 7. The van der Waals surface area contributed by atoms with Crippen molar-refractivity contribution < 1.29 is 27.3 Å². The Bertz CT molecular complexity index is 1360. The molecule has 1 aromatic carbocycles. The van der Waals surface area contributed by atoms with E-state index in [0.717, 1.165) is 48.4 Å². The van der Waals surface area contributed by atoms with Gasteiger partial charge in [-0.05, 0) is 26.0 Å². The van der Waals surface area contributed by atoms with Crippen molar-refractivity contribution >= 4 is 61.9 Å². The van der Waals surface area contributed by atoms with Crippen molar-refractivity contribution in [3.8, 4) is 0 Å². The summed E-state index contributed by atoms with van der Waals surface area (Å²) in [5.41, 5.74) is 2.56. The van der Waals surface area contributed by atoms with E-state index in [1.165, 1.54) is 5.03 Å². The first kappa shape index (κ1) is 25.6. The minimum atomic E-state index is -3.72. The maximum atomic E-state index is 12.6. The van der Waals surface area contributed by atoms with Crippen molar-refractivity contribution in [1.29, 1.82) is 0 Å². The van der Waals surface area contributed by atoms with Gasteiger partial charge in [0.1, 0.15) is 0 Å². The number of nitrogens with zero attached hydrogens (tertiary/aromatic N) is 3. The molecular weight excluding hydrogens is 512 g/mol. The van der Waals surface area contributed by atoms with Crippen LogP contribution in [0.15, 0.2) is 29.3 Å². The number of ether oxygens (including phenoxy) is 1. The molecule has 12 heteroatoms. The number of imidazole rings is 1. The largest absolute Gasteiger partial charge is 0.462 e. The number of hydrogen-bond donors (Lipinski definition) is 1. The lowest BCUT2D eigenvalue weighted by molar-refractivity contribution is -0.664. The Balaban J connectivity index is 1.85. The van der Waals surface area contributed by atoms with Gasteiger partial charge in [0.05, 0.1) is 35.0 Å². The SMILES string of the molecule is CCOC(=O)c1cc2c(cc1Cl)[n+]1c(n2CC(=O)NS(C)(=O)=O)/C(=C\C=C2\SCCN2CC)CC1. The van der Waals surface area contributed by atoms with Crippen molar-refractivity contribution in [2.75, 3.05) is 31.7 Å². The van der Waals surface area contributed by atoms with Crippen molar-refractivity contribution in [2.45, 2.75) is 33.4 Å². The highest BCUT2D eigenvalue weighted by Gasteiger charge is 2.35. The number of amides is 1. The molecule has 0 spiro atoms. The van der Waals surface area contributed by atoms with Gasteiger partial charge in [-0.3, -0.25) is 4.79 Å². The molecule has 9 nitrogen and oxygen atoms in total. The first-order valence-corrected chi connectivity index (χ1v) is 14.6. The normalized spacial score (nSPS) is 18.0. The average Bonchev–Trinajstić information content (AvgIpc) is 3.47. The number of aromatic nitrogens is 2. The van der Waals surface area contributed by atoms with E-state index in [1.807, 2.05) is 9.29 Å². The molecule has 0 unspecified atom stereocenters. The van der Waals surface area contributed by atoms with E-state index in [4.69, 9.17) is 16.3 Å². The highest BCUT2D eigenvalue weighted by Crippen LogP contribution is 2.33.